The number of ether oxygens (including phenoxy) is 1. The van der Waals surface area contributed by atoms with Crippen LogP contribution in [0.25, 0.3) is 0 Å². The van der Waals surface area contributed by atoms with Crippen molar-refractivity contribution in [3.8, 4) is 0 Å². The first-order chi connectivity index (χ1) is 8.52. The van der Waals surface area contributed by atoms with Crippen LogP contribution in [0.1, 0.15) is 31.3 Å². The second kappa shape index (κ2) is 6.63. The standard InChI is InChI=1S/C11H17N3O4/c1-4-17-10(16)8-6-18-11(14-8)12-5-9(15)13-7(2)3/h6-7H,4-5H2,1-3H3,(H,12,14)(H,13,15). The van der Waals surface area contributed by atoms with Crippen molar-refractivity contribution in [1.29, 1.82) is 0 Å². The van der Waals surface area contributed by atoms with Gasteiger partial charge in [0, 0.05) is 6.04 Å². The molecule has 0 fully saturated rings. The highest BCUT2D eigenvalue weighted by Crippen LogP contribution is 2.08. The Labute approximate surface area is 105 Å². The summed E-state index contributed by atoms with van der Waals surface area (Å²) in [6.45, 7) is 5.73. The minimum atomic E-state index is -0.555. The van der Waals surface area contributed by atoms with Crippen molar-refractivity contribution in [2.24, 2.45) is 0 Å². The van der Waals surface area contributed by atoms with Crippen LogP contribution in [0.3, 0.4) is 0 Å². The largest absolute Gasteiger partial charge is 0.461 e. The number of nitrogens with one attached hydrogen (secondary N) is 2. The molecule has 100 valence electrons. The number of nitrogens with zero attached hydrogens (tertiary/aromatic N) is 1. The maximum absolute atomic E-state index is 11.3. The molecule has 1 aromatic rings. The number of hydrogen-bond acceptors (Lipinski definition) is 6. The minimum Gasteiger partial charge on any atom is -0.461 e. The number of anilines is 1. The van der Waals surface area contributed by atoms with E-state index in [-0.39, 0.29) is 36.8 Å². The summed E-state index contributed by atoms with van der Waals surface area (Å²) in [5.74, 6) is -0.734. The highest BCUT2D eigenvalue weighted by atomic mass is 16.5. The number of aromatic nitrogens is 1. The quantitative estimate of drug-likeness (QED) is 0.730. The van der Waals surface area contributed by atoms with Crippen molar-refractivity contribution in [1.82, 2.24) is 10.3 Å². The van der Waals surface area contributed by atoms with Crippen molar-refractivity contribution in [2.45, 2.75) is 26.8 Å². The van der Waals surface area contributed by atoms with Gasteiger partial charge in [-0.05, 0) is 20.8 Å². The van der Waals surface area contributed by atoms with Gasteiger partial charge in [0.1, 0.15) is 6.26 Å². The summed E-state index contributed by atoms with van der Waals surface area (Å²) in [6.07, 6.45) is 1.18. The van der Waals surface area contributed by atoms with Gasteiger partial charge in [-0.2, -0.15) is 4.98 Å². The number of carbonyl (C=O) groups excluding carboxylic acids is 2. The van der Waals surface area contributed by atoms with E-state index in [0.29, 0.717) is 0 Å². The molecule has 0 atom stereocenters. The lowest BCUT2D eigenvalue weighted by atomic mass is 10.4. The van der Waals surface area contributed by atoms with E-state index in [1.807, 2.05) is 13.8 Å². The molecule has 0 aromatic carbocycles. The predicted molar refractivity (Wildman–Crippen MR) is 64.2 cm³/mol. The van der Waals surface area contributed by atoms with Gasteiger partial charge in [0.2, 0.25) is 5.91 Å². The summed E-state index contributed by atoms with van der Waals surface area (Å²) >= 11 is 0. The molecule has 0 aliphatic heterocycles. The summed E-state index contributed by atoms with van der Waals surface area (Å²) in [6, 6.07) is 0.177. The summed E-state index contributed by atoms with van der Waals surface area (Å²) in [5.41, 5.74) is 0.0728. The molecule has 18 heavy (non-hydrogen) atoms. The third kappa shape index (κ3) is 4.44. The molecular weight excluding hydrogens is 238 g/mol. The Balaban J connectivity index is 2.44. The van der Waals surface area contributed by atoms with Crippen molar-refractivity contribution in [3.63, 3.8) is 0 Å². The molecule has 0 radical (unpaired) electrons. The topological polar surface area (TPSA) is 93.5 Å². The molecule has 1 amide bonds. The van der Waals surface area contributed by atoms with Gasteiger partial charge in [-0.15, -0.1) is 0 Å². The second-order valence-corrected chi connectivity index (χ2v) is 3.83. The van der Waals surface area contributed by atoms with E-state index >= 15 is 0 Å². The van der Waals surface area contributed by atoms with Crippen molar-refractivity contribution >= 4 is 17.9 Å². The van der Waals surface area contributed by atoms with E-state index in [9.17, 15) is 9.59 Å². The number of oxazole rings is 1. The molecule has 0 bridgehead atoms. The SMILES string of the molecule is CCOC(=O)c1coc(NCC(=O)NC(C)C)n1. The highest BCUT2D eigenvalue weighted by Gasteiger charge is 2.13. The molecule has 1 rings (SSSR count). The van der Waals surface area contributed by atoms with Gasteiger partial charge in [-0.1, -0.05) is 0 Å². The van der Waals surface area contributed by atoms with Crippen LogP contribution < -0.4 is 10.6 Å². The van der Waals surface area contributed by atoms with Crippen molar-refractivity contribution < 1.29 is 18.7 Å². The Hall–Kier alpha value is -2.05. The third-order valence-corrected chi connectivity index (χ3v) is 1.84. The Bertz CT molecular complexity index is 414. The zero-order valence-electron chi connectivity index (χ0n) is 10.6. The molecule has 0 spiro atoms. The van der Waals surface area contributed by atoms with Gasteiger partial charge in [-0.25, -0.2) is 4.79 Å². The van der Waals surface area contributed by atoms with Crippen LogP contribution in [0.4, 0.5) is 6.01 Å². The van der Waals surface area contributed by atoms with Crippen LogP contribution in [-0.4, -0.2) is 36.1 Å². The Morgan fingerprint density at radius 1 is 1.50 bits per heavy atom. The molecule has 2 N–H and O–H groups in total. The number of esters is 1. The van der Waals surface area contributed by atoms with Crippen LogP contribution >= 0.6 is 0 Å². The Morgan fingerprint density at radius 3 is 2.83 bits per heavy atom. The fourth-order valence-electron chi connectivity index (χ4n) is 1.18. The minimum absolute atomic E-state index is 0.0287. The summed E-state index contributed by atoms with van der Waals surface area (Å²) in [7, 11) is 0. The first-order valence-corrected chi connectivity index (χ1v) is 5.68. The maximum Gasteiger partial charge on any atom is 0.360 e. The lowest BCUT2D eigenvalue weighted by Crippen LogP contribution is -2.34. The smallest absolute Gasteiger partial charge is 0.360 e. The monoisotopic (exact) mass is 255 g/mol. The van der Waals surface area contributed by atoms with E-state index in [1.165, 1.54) is 6.26 Å². The fourth-order valence-corrected chi connectivity index (χ4v) is 1.18. The fraction of sp³-hybridized carbons (Fsp3) is 0.545. The summed E-state index contributed by atoms with van der Waals surface area (Å²) in [5, 5.41) is 5.37. The predicted octanol–water partition coefficient (Wildman–Crippen LogP) is 0.788. The van der Waals surface area contributed by atoms with Crippen LogP contribution in [0.15, 0.2) is 10.7 Å². The van der Waals surface area contributed by atoms with E-state index < -0.39 is 5.97 Å². The van der Waals surface area contributed by atoms with Gasteiger partial charge in [-0.3, -0.25) is 4.79 Å². The van der Waals surface area contributed by atoms with E-state index in [4.69, 9.17) is 9.15 Å². The van der Waals surface area contributed by atoms with Gasteiger partial charge in [0.15, 0.2) is 5.69 Å². The number of hydrogen-bond donors (Lipinski definition) is 2. The molecule has 0 aliphatic rings. The van der Waals surface area contributed by atoms with Gasteiger partial charge in [0.05, 0.1) is 13.2 Å². The van der Waals surface area contributed by atoms with Gasteiger partial charge >= 0.3 is 5.97 Å². The molecule has 0 aliphatic carbocycles. The third-order valence-electron chi connectivity index (χ3n) is 1.84. The molecule has 7 heteroatoms. The molecule has 1 aromatic heterocycles. The first kappa shape index (κ1) is 14.0. The van der Waals surface area contributed by atoms with E-state index in [2.05, 4.69) is 15.6 Å². The summed E-state index contributed by atoms with van der Waals surface area (Å²) < 4.78 is 9.74. The average Bonchev–Trinajstić information content (AvgIpc) is 2.74. The molecule has 0 saturated carbocycles. The van der Waals surface area contributed by atoms with Crippen LogP contribution in [0.2, 0.25) is 0 Å². The molecule has 0 saturated heterocycles. The molecule has 7 nitrogen and oxygen atoms in total. The Morgan fingerprint density at radius 2 is 2.22 bits per heavy atom. The maximum atomic E-state index is 11.3. The van der Waals surface area contributed by atoms with Crippen LogP contribution in [0.5, 0.6) is 0 Å². The summed E-state index contributed by atoms with van der Waals surface area (Å²) in [4.78, 5) is 26.5. The van der Waals surface area contributed by atoms with E-state index in [1.54, 1.807) is 6.92 Å². The van der Waals surface area contributed by atoms with Crippen molar-refractivity contribution in [3.05, 3.63) is 12.0 Å². The van der Waals surface area contributed by atoms with Gasteiger partial charge < -0.3 is 19.8 Å². The average molecular weight is 255 g/mol. The van der Waals surface area contributed by atoms with Crippen LogP contribution in [0, 0.1) is 0 Å². The van der Waals surface area contributed by atoms with Crippen LogP contribution in [-0.2, 0) is 9.53 Å². The molecular formula is C11H17N3O4. The molecule has 1 heterocycles. The van der Waals surface area contributed by atoms with Gasteiger partial charge in [0.25, 0.3) is 6.01 Å². The van der Waals surface area contributed by atoms with Crippen molar-refractivity contribution in [2.75, 3.05) is 18.5 Å². The van der Waals surface area contributed by atoms with E-state index in [0.717, 1.165) is 0 Å². The lowest BCUT2D eigenvalue weighted by Gasteiger charge is -2.07. The lowest BCUT2D eigenvalue weighted by molar-refractivity contribution is -0.119. The molecule has 0 unspecified atom stereocenters. The first-order valence-electron chi connectivity index (χ1n) is 5.68. The normalized spacial score (nSPS) is 10.2. The number of amides is 1. The zero-order chi connectivity index (χ0) is 13.5. The zero-order valence-corrected chi connectivity index (χ0v) is 10.6. The number of carbonyl (C=O) groups is 2. The number of rotatable bonds is 6. The Kier molecular flexibility index (Phi) is 5.16. The highest BCUT2D eigenvalue weighted by molar-refractivity contribution is 5.87. The second-order valence-electron chi connectivity index (χ2n) is 3.83.